The van der Waals surface area contributed by atoms with E-state index in [4.69, 9.17) is 9.47 Å². The van der Waals surface area contributed by atoms with E-state index >= 15 is 0 Å². The number of rotatable bonds is 7. The molecular formula is C30H22F3N3O6S2. The van der Waals surface area contributed by atoms with Crippen molar-refractivity contribution in [1.29, 1.82) is 0 Å². The minimum absolute atomic E-state index is 0.0337. The van der Waals surface area contributed by atoms with Crippen LogP contribution in [0, 0.1) is 5.92 Å². The molecule has 9 nitrogen and oxygen atoms in total. The highest BCUT2D eigenvalue weighted by atomic mass is 32.2. The Morgan fingerprint density at radius 1 is 0.977 bits per heavy atom. The summed E-state index contributed by atoms with van der Waals surface area (Å²) in [6, 6.07) is 17.4. The Labute approximate surface area is 256 Å². The van der Waals surface area contributed by atoms with Crippen molar-refractivity contribution in [3.05, 3.63) is 98.5 Å². The number of aromatic amines is 1. The molecule has 3 heterocycles. The number of ether oxygens (including phenoxy) is 2. The molecule has 44 heavy (non-hydrogen) atoms. The number of alkyl halides is 3. The number of nitrogens with zero attached hydrogens (tertiary/aromatic N) is 1. The maximum Gasteiger partial charge on any atom is 0.416 e. The summed E-state index contributed by atoms with van der Waals surface area (Å²) >= 11 is 2.11. The topological polar surface area (TPSA) is 118 Å². The molecule has 1 fully saturated rings. The number of H-pyrrole nitrogens is 1. The first kappa shape index (κ1) is 29.5. The standard InChI is InChI=1S/C30H22F3N3O6S2/c1-41-19-10-8-18(9-11-19)36-27(38)23-22(24-26(35-29(40)44-24)43-25(23)28(36)39)15-4-2-7-20(12-15)42-14-21(37)34-17-6-3-5-16(13-17)30(31,32)33/h2-13,22-23,25H,14H2,1H3,(H,34,37)(H,35,40)/t22-,23-,25+/m0/s1. The van der Waals surface area contributed by atoms with Crippen LogP contribution in [0.15, 0.2) is 82.6 Å². The third-order valence-electron chi connectivity index (χ3n) is 7.22. The number of fused-ring (bicyclic) bond motifs is 2. The number of hydrogen-bond acceptors (Lipinski definition) is 8. The third kappa shape index (κ3) is 5.57. The Hall–Kier alpha value is -4.56. The van der Waals surface area contributed by atoms with E-state index in [0.29, 0.717) is 26.9 Å². The predicted octanol–water partition coefficient (Wildman–Crippen LogP) is 5.28. The summed E-state index contributed by atoms with van der Waals surface area (Å²) < 4.78 is 49.9. The first-order valence-electron chi connectivity index (χ1n) is 13.1. The smallest absolute Gasteiger partial charge is 0.416 e. The van der Waals surface area contributed by atoms with Crippen molar-refractivity contribution in [2.75, 3.05) is 23.9 Å². The maximum atomic E-state index is 13.9. The summed E-state index contributed by atoms with van der Waals surface area (Å²) in [5.74, 6) is -2.17. The summed E-state index contributed by atoms with van der Waals surface area (Å²) in [6.45, 7) is -0.502. The largest absolute Gasteiger partial charge is 0.497 e. The fraction of sp³-hybridized carbons (Fsp3) is 0.200. The highest BCUT2D eigenvalue weighted by Gasteiger charge is 2.56. The molecule has 3 aromatic carbocycles. The van der Waals surface area contributed by atoms with Crippen LogP contribution in [0.2, 0.25) is 0 Å². The van der Waals surface area contributed by atoms with Crippen LogP contribution in [-0.2, 0) is 20.6 Å². The molecule has 3 atom stereocenters. The van der Waals surface area contributed by atoms with Crippen molar-refractivity contribution in [3.8, 4) is 11.5 Å². The van der Waals surface area contributed by atoms with Crippen molar-refractivity contribution >= 4 is 52.2 Å². The van der Waals surface area contributed by atoms with Crippen LogP contribution in [0.4, 0.5) is 24.5 Å². The third-order valence-corrected chi connectivity index (χ3v) is 9.62. The van der Waals surface area contributed by atoms with Gasteiger partial charge in [-0.2, -0.15) is 13.2 Å². The normalized spacial score (nSPS) is 19.4. The SMILES string of the molecule is COc1ccc(N2C(=O)[C@H]3[C@H](c4cccc(OCC(=O)Nc5cccc(C(F)(F)F)c5)c4)c4sc(=O)[nH]c4S[C@H]3C2=O)cc1. The Morgan fingerprint density at radius 2 is 1.73 bits per heavy atom. The van der Waals surface area contributed by atoms with Crippen LogP contribution in [0.1, 0.15) is 21.9 Å². The van der Waals surface area contributed by atoms with E-state index in [1.807, 2.05) is 0 Å². The molecule has 0 unspecified atom stereocenters. The highest BCUT2D eigenvalue weighted by Crippen LogP contribution is 2.53. The Kier molecular flexibility index (Phi) is 7.72. The summed E-state index contributed by atoms with van der Waals surface area (Å²) in [5, 5.41) is 2.10. The van der Waals surface area contributed by atoms with Gasteiger partial charge < -0.3 is 19.8 Å². The van der Waals surface area contributed by atoms with Crippen LogP contribution >= 0.6 is 23.1 Å². The minimum atomic E-state index is -4.56. The lowest BCUT2D eigenvalue weighted by atomic mass is 9.83. The van der Waals surface area contributed by atoms with E-state index < -0.39 is 53.2 Å². The summed E-state index contributed by atoms with van der Waals surface area (Å²) in [4.78, 5) is 56.6. The quantitative estimate of drug-likeness (QED) is 0.264. The van der Waals surface area contributed by atoms with Crippen molar-refractivity contribution in [2.45, 2.75) is 22.4 Å². The van der Waals surface area contributed by atoms with Gasteiger partial charge in [-0.05, 0) is 60.2 Å². The number of thiazole rings is 1. The number of methoxy groups -OCH3 is 1. The summed E-state index contributed by atoms with van der Waals surface area (Å²) in [7, 11) is 1.51. The number of benzene rings is 3. The number of carbonyl (C=O) groups is 3. The van der Waals surface area contributed by atoms with Gasteiger partial charge in [-0.3, -0.25) is 19.2 Å². The van der Waals surface area contributed by atoms with Crippen molar-refractivity contribution in [1.82, 2.24) is 4.98 Å². The van der Waals surface area contributed by atoms with Gasteiger partial charge in [-0.1, -0.05) is 41.3 Å². The van der Waals surface area contributed by atoms with Gasteiger partial charge in [-0.15, -0.1) is 0 Å². The van der Waals surface area contributed by atoms with Gasteiger partial charge in [0.2, 0.25) is 11.8 Å². The Morgan fingerprint density at radius 3 is 2.45 bits per heavy atom. The van der Waals surface area contributed by atoms with Gasteiger partial charge in [0, 0.05) is 16.5 Å². The number of hydrogen-bond donors (Lipinski definition) is 2. The van der Waals surface area contributed by atoms with Crippen molar-refractivity contribution in [3.63, 3.8) is 0 Å². The number of aromatic nitrogens is 1. The lowest BCUT2D eigenvalue weighted by molar-refractivity contribution is -0.137. The van der Waals surface area contributed by atoms with E-state index in [1.165, 1.54) is 19.2 Å². The second-order valence-electron chi connectivity index (χ2n) is 9.95. The molecule has 0 spiro atoms. The first-order chi connectivity index (χ1) is 21.0. The number of carbonyl (C=O) groups excluding carboxylic acids is 3. The maximum absolute atomic E-state index is 13.9. The lowest BCUT2D eigenvalue weighted by Crippen LogP contribution is -2.32. The Bertz CT molecular complexity index is 1820. The number of nitrogens with one attached hydrogen (secondary N) is 2. The molecule has 1 saturated heterocycles. The van der Waals surface area contributed by atoms with E-state index in [-0.39, 0.29) is 16.3 Å². The zero-order chi connectivity index (χ0) is 31.2. The average molecular weight is 642 g/mol. The molecule has 3 amide bonds. The summed E-state index contributed by atoms with van der Waals surface area (Å²) in [6.07, 6.45) is -4.56. The van der Waals surface area contributed by atoms with E-state index in [0.717, 1.165) is 40.1 Å². The fourth-order valence-electron chi connectivity index (χ4n) is 5.28. The molecule has 2 N–H and O–H groups in total. The van der Waals surface area contributed by atoms with Gasteiger partial charge in [-0.25, -0.2) is 4.90 Å². The molecule has 1 aromatic heterocycles. The highest BCUT2D eigenvalue weighted by molar-refractivity contribution is 8.00. The Balaban J connectivity index is 1.25. The van der Waals surface area contributed by atoms with E-state index in [9.17, 15) is 32.3 Å². The van der Waals surface area contributed by atoms with Crippen LogP contribution in [0.5, 0.6) is 11.5 Å². The molecule has 226 valence electrons. The van der Waals surface area contributed by atoms with Crippen molar-refractivity contribution < 1.29 is 37.0 Å². The lowest BCUT2D eigenvalue weighted by Gasteiger charge is -2.30. The number of imide groups is 1. The molecule has 4 aromatic rings. The molecule has 2 aliphatic heterocycles. The van der Waals surface area contributed by atoms with Crippen LogP contribution in [-0.4, -0.2) is 41.7 Å². The monoisotopic (exact) mass is 641 g/mol. The van der Waals surface area contributed by atoms with Gasteiger partial charge in [0.1, 0.15) is 16.7 Å². The molecule has 6 rings (SSSR count). The predicted molar refractivity (Wildman–Crippen MR) is 157 cm³/mol. The molecule has 0 radical (unpaired) electrons. The van der Waals surface area contributed by atoms with Crippen molar-refractivity contribution in [2.24, 2.45) is 5.92 Å². The van der Waals surface area contributed by atoms with Crippen LogP contribution < -0.4 is 24.6 Å². The number of anilines is 2. The number of halogens is 3. The molecular weight excluding hydrogens is 619 g/mol. The zero-order valence-electron chi connectivity index (χ0n) is 22.7. The molecule has 0 bridgehead atoms. The van der Waals surface area contributed by atoms with E-state index in [1.54, 1.807) is 48.5 Å². The second kappa shape index (κ2) is 11.5. The molecule has 0 saturated carbocycles. The number of thioether (sulfide) groups is 1. The zero-order valence-corrected chi connectivity index (χ0v) is 24.3. The molecule has 0 aliphatic carbocycles. The second-order valence-corrected chi connectivity index (χ2v) is 12.1. The molecule has 2 aliphatic rings. The number of amides is 3. The van der Waals surface area contributed by atoms with Gasteiger partial charge in [0.05, 0.1) is 29.3 Å². The molecule has 14 heteroatoms. The first-order valence-corrected chi connectivity index (χ1v) is 14.8. The van der Waals surface area contributed by atoms with Crippen LogP contribution in [0.25, 0.3) is 0 Å². The van der Waals surface area contributed by atoms with Gasteiger partial charge >= 0.3 is 11.0 Å². The minimum Gasteiger partial charge on any atom is -0.497 e. The fourth-order valence-corrected chi connectivity index (χ4v) is 7.79. The summed E-state index contributed by atoms with van der Waals surface area (Å²) in [5.41, 5.74) is 0.0546. The van der Waals surface area contributed by atoms with Gasteiger partial charge in [0.15, 0.2) is 6.61 Å². The average Bonchev–Trinajstić information content (AvgIpc) is 3.49. The van der Waals surface area contributed by atoms with E-state index in [2.05, 4.69) is 10.3 Å². The van der Waals surface area contributed by atoms with Crippen LogP contribution in [0.3, 0.4) is 0 Å². The van der Waals surface area contributed by atoms with Gasteiger partial charge in [0.25, 0.3) is 5.91 Å².